The molecule has 0 aromatic heterocycles. The standard InChI is InChI=1S/C33H49NO8/c1-15-11-23-26(34-13-15)17(3)33(42-23)10-8-20-21-6-5-18-12-19(40-31-22(14-35)27(36)29(38)30(39)41-31)7-9-32(18,4)25(21)28(37)24(20)16(33)2/h5,15,17,19-23,25-27,29-31,34-36,38-39H,6-14H2,1-4H3/t15-,17+,19+,20-,21+,22-,23+,25-,26+,27+,29+,30-,31+,32-,33-/m0/s1. The molecule has 1 spiro atoms. The number of piperidine rings is 1. The van der Waals surface area contributed by atoms with Gasteiger partial charge in [-0.1, -0.05) is 32.4 Å². The predicted octanol–water partition coefficient (Wildman–Crippen LogP) is 2.21. The van der Waals surface area contributed by atoms with Crippen LogP contribution in [0.2, 0.25) is 0 Å². The number of aliphatic hydroxyl groups excluding tert-OH is 4. The lowest BCUT2D eigenvalue weighted by Gasteiger charge is -2.49. The first-order valence-electron chi connectivity index (χ1n) is 16.3. The monoisotopic (exact) mass is 587 g/mol. The highest BCUT2D eigenvalue weighted by atomic mass is 16.7. The molecule has 4 aliphatic carbocycles. The second kappa shape index (κ2) is 10.4. The Kier molecular flexibility index (Phi) is 7.34. The molecule has 3 aliphatic heterocycles. The van der Waals surface area contributed by atoms with Gasteiger partial charge in [0.1, 0.15) is 6.10 Å². The molecule has 9 heteroatoms. The number of nitrogens with one attached hydrogen (secondary N) is 1. The van der Waals surface area contributed by atoms with Crippen molar-refractivity contribution in [2.24, 2.45) is 40.9 Å². The van der Waals surface area contributed by atoms with E-state index in [9.17, 15) is 25.2 Å². The van der Waals surface area contributed by atoms with Crippen LogP contribution in [-0.4, -0.2) is 88.0 Å². The van der Waals surface area contributed by atoms with Crippen molar-refractivity contribution in [2.45, 2.75) is 121 Å². The summed E-state index contributed by atoms with van der Waals surface area (Å²) in [5.41, 5.74) is 2.90. The van der Waals surface area contributed by atoms with Crippen LogP contribution in [0.5, 0.6) is 0 Å². The maximum Gasteiger partial charge on any atom is 0.186 e. The quantitative estimate of drug-likeness (QED) is 0.315. The maximum atomic E-state index is 14.5. The summed E-state index contributed by atoms with van der Waals surface area (Å²) < 4.78 is 18.7. The van der Waals surface area contributed by atoms with Gasteiger partial charge in [0, 0.05) is 23.5 Å². The van der Waals surface area contributed by atoms with E-state index in [0.717, 1.165) is 44.2 Å². The van der Waals surface area contributed by atoms with E-state index in [2.05, 4.69) is 39.1 Å². The number of hydrogen-bond donors (Lipinski definition) is 5. The largest absolute Gasteiger partial charge is 0.396 e. The Morgan fingerprint density at radius 3 is 2.69 bits per heavy atom. The number of rotatable bonds is 3. The summed E-state index contributed by atoms with van der Waals surface area (Å²) in [6, 6.07) is 0.345. The lowest BCUT2D eigenvalue weighted by Crippen LogP contribution is -2.57. The second-order valence-electron chi connectivity index (χ2n) is 14.9. The molecule has 3 saturated heterocycles. The molecule has 0 amide bonds. The van der Waals surface area contributed by atoms with E-state index in [-0.39, 0.29) is 35.1 Å². The Balaban J connectivity index is 1.11. The average molecular weight is 588 g/mol. The van der Waals surface area contributed by atoms with Crippen LogP contribution >= 0.6 is 0 Å². The highest BCUT2D eigenvalue weighted by Crippen LogP contribution is 2.64. The van der Waals surface area contributed by atoms with Crippen molar-refractivity contribution < 1.29 is 39.4 Å². The van der Waals surface area contributed by atoms with Gasteiger partial charge in [-0.3, -0.25) is 4.79 Å². The minimum atomic E-state index is -1.58. The number of aliphatic hydroxyl groups is 4. The normalized spacial score (nSPS) is 53.9. The predicted molar refractivity (Wildman–Crippen MR) is 153 cm³/mol. The molecule has 15 atom stereocenters. The first kappa shape index (κ1) is 29.5. The van der Waals surface area contributed by atoms with Crippen LogP contribution in [0.15, 0.2) is 22.8 Å². The molecule has 0 bridgehead atoms. The summed E-state index contributed by atoms with van der Waals surface area (Å²) in [4.78, 5) is 14.5. The third-order valence-corrected chi connectivity index (χ3v) is 12.8. The average Bonchev–Trinajstić information content (AvgIpc) is 3.41. The Labute approximate surface area is 248 Å². The number of carbonyl (C=O) groups excluding carboxylic acids is 1. The molecule has 42 heavy (non-hydrogen) atoms. The van der Waals surface area contributed by atoms with E-state index < -0.39 is 37.3 Å². The van der Waals surface area contributed by atoms with Crippen LogP contribution in [0.3, 0.4) is 0 Å². The van der Waals surface area contributed by atoms with Gasteiger partial charge in [-0.05, 0) is 87.2 Å². The third kappa shape index (κ3) is 4.14. The molecule has 7 rings (SSSR count). The van der Waals surface area contributed by atoms with E-state index >= 15 is 0 Å². The van der Waals surface area contributed by atoms with Gasteiger partial charge in [0.25, 0.3) is 0 Å². The lowest BCUT2D eigenvalue weighted by molar-refractivity contribution is -0.341. The third-order valence-electron chi connectivity index (χ3n) is 12.8. The van der Waals surface area contributed by atoms with E-state index in [4.69, 9.17) is 14.2 Å². The summed E-state index contributed by atoms with van der Waals surface area (Å²) in [7, 11) is 0. The SMILES string of the molecule is CC1=C2C(=O)[C@@H]3[C@H](CC=C4C[C@H](O[C@@H]5O[C@H](O)[C@H](O)[C@H](O)[C@@H]5CO)CC[C@@]43C)[C@@H]2CC[C@]12O[C@@H]1C[C@H](C)CN[C@@H]1[C@H]2C. The Hall–Kier alpha value is -1.17. The fraction of sp³-hybridized carbons (Fsp3) is 0.848. The molecule has 0 unspecified atom stereocenters. The van der Waals surface area contributed by atoms with Gasteiger partial charge in [-0.25, -0.2) is 0 Å². The smallest absolute Gasteiger partial charge is 0.186 e. The summed E-state index contributed by atoms with van der Waals surface area (Å²) in [6.45, 7) is 9.65. The van der Waals surface area contributed by atoms with Gasteiger partial charge >= 0.3 is 0 Å². The molecular weight excluding hydrogens is 538 g/mol. The van der Waals surface area contributed by atoms with Gasteiger partial charge in [-0.15, -0.1) is 0 Å². The summed E-state index contributed by atoms with van der Waals surface area (Å²) in [5, 5.41) is 44.0. The van der Waals surface area contributed by atoms with Crippen molar-refractivity contribution in [3.63, 3.8) is 0 Å². The molecular formula is C33H49NO8. The van der Waals surface area contributed by atoms with Gasteiger partial charge in [0.2, 0.25) is 0 Å². The van der Waals surface area contributed by atoms with E-state index in [1.54, 1.807) is 0 Å². The summed E-state index contributed by atoms with van der Waals surface area (Å²) >= 11 is 0. The van der Waals surface area contributed by atoms with Crippen LogP contribution < -0.4 is 5.32 Å². The molecule has 0 aromatic rings. The molecule has 5 N–H and O–H groups in total. The molecule has 5 fully saturated rings. The van der Waals surface area contributed by atoms with Crippen molar-refractivity contribution >= 4 is 5.78 Å². The van der Waals surface area contributed by atoms with E-state index in [1.165, 1.54) is 11.1 Å². The number of hydrogen-bond acceptors (Lipinski definition) is 9. The minimum Gasteiger partial charge on any atom is -0.396 e. The zero-order valence-corrected chi connectivity index (χ0v) is 25.4. The van der Waals surface area contributed by atoms with Gasteiger partial charge in [-0.2, -0.15) is 0 Å². The van der Waals surface area contributed by atoms with Gasteiger partial charge in [0.05, 0.1) is 36.4 Å². The lowest BCUT2D eigenvalue weighted by atomic mass is 9.56. The minimum absolute atomic E-state index is 0.0457. The highest BCUT2D eigenvalue weighted by Gasteiger charge is 2.63. The second-order valence-corrected chi connectivity index (χ2v) is 14.9. The topological polar surface area (TPSA) is 138 Å². The number of Topliss-reactive ketones (excluding diaryl/α,β-unsaturated/α-hetero) is 1. The first-order chi connectivity index (χ1) is 20.0. The van der Waals surface area contributed by atoms with Crippen molar-refractivity contribution in [3.05, 3.63) is 22.8 Å². The number of ether oxygens (including phenoxy) is 3. The van der Waals surface area contributed by atoms with Crippen LogP contribution in [0.1, 0.15) is 72.6 Å². The van der Waals surface area contributed by atoms with Crippen LogP contribution in [0, 0.1) is 40.9 Å². The molecule has 2 saturated carbocycles. The number of allylic oxidation sites excluding steroid dienone is 2. The van der Waals surface area contributed by atoms with E-state index in [0.29, 0.717) is 42.4 Å². The summed E-state index contributed by atoms with van der Waals surface area (Å²) in [6.07, 6.45) is 2.96. The highest BCUT2D eigenvalue weighted by molar-refractivity contribution is 6.02. The van der Waals surface area contributed by atoms with Crippen molar-refractivity contribution in [1.29, 1.82) is 0 Å². The Morgan fingerprint density at radius 2 is 1.93 bits per heavy atom. The van der Waals surface area contributed by atoms with E-state index in [1.807, 2.05) is 0 Å². The molecule has 7 aliphatic rings. The van der Waals surface area contributed by atoms with Crippen molar-refractivity contribution in [3.8, 4) is 0 Å². The fourth-order valence-corrected chi connectivity index (χ4v) is 10.4. The van der Waals surface area contributed by atoms with Crippen LogP contribution in [-0.2, 0) is 19.0 Å². The number of ketones is 1. The summed E-state index contributed by atoms with van der Waals surface area (Å²) in [5.74, 6) is 0.961. The molecule has 9 nitrogen and oxygen atoms in total. The molecule has 3 heterocycles. The van der Waals surface area contributed by atoms with Crippen molar-refractivity contribution in [1.82, 2.24) is 5.32 Å². The fourth-order valence-electron chi connectivity index (χ4n) is 10.4. The number of fused-ring (bicyclic) bond motifs is 6. The first-order valence-corrected chi connectivity index (χ1v) is 16.3. The van der Waals surface area contributed by atoms with Gasteiger partial charge < -0.3 is 40.0 Å². The molecule has 234 valence electrons. The Morgan fingerprint density at radius 1 is 1.14 bits per heavy atom. The van der Waals surface area contributed by atoms with Crippen LogP contribution in [0.25, 0.3) is 0 Å². The zero-order valence-electron chi connectivity index (χ0n) is 25.4. The van der Waals surface area contributed by atoms with Crippen LogP contribution in [0.4, 0.5) is 0 Å². The van der Waals surface area contributed by atoms with Gasteiger partial charge in [0.15, 0.2) is 18.4 Å². The number of carbonyl (C=O) groups is 1. The van der Waals surface area contributed by atoms with Crippen molar-refractivity contribution in [2.75, 3.05) is 13.2 Å². The molecule has 0 radical (unpaired) electrons. The maximum absolute atomic E-state index is 14.5. The Bertz CT molecular complexity index is 1170. The zero-order chi connectivity index (χ0) is 29.7. The molecule has 0 aromatic carbocycles.